The van der Waals surface area contributed by atoms with Gasteiger partial charge in [0.15, 0.2) is 5.54 Å². The van der Waals surface area contributed by atoms with Gasteiger partial charge in [0, 0.05) is 5.92 Å². The number of hydrogen-bond donors (Lipinski definition) is 2. The summed E-state index contributed by atoms with van der Waals surface area (Å²) in [5.41, 5.74) is 9.87. The van der Waals surface area contributed by atoms with E-state index in [2.05, 4.69) is 24.3 Å². The van der Waals surface area contributed by atoms with Crippen LogP contribution in [0.5, 0.6) is 0 Å². The molecule has 0 radical (unpaired) electrons. The van der Waals surface area contributed by atoms with Crippen LogP contribution in [0.4, 0.5) is 0 Å². The molecule has 3 N–H and O–H groups in total. The van der Waals surface area contributed by atoms with Gasteiger partial charge in [0.25, 0.3) is 0 Å². The van der Waals surface area contributed by atoms with Crippen molar-refractivity contribution in [1.82, 2.24) is 0 Å². The number of nitrogens with two attached hydrogens (primary N) is 1. The van der Waals surface area contributed by atoms with Crippen LogP contribution in [0.3, 0.4) is 0 Å². The van der Waals surface area contributed by atoms with E-state index in [-0.39, 0.29) is 12.5 Å². The van der Waals surface area contributed by atoms with Crippen LogP contribution in [0.15, 0.2) is 78.9 Å². The first-order chi connectivity index (χ1) is 13.5. The molecule has 2 atom stereocenters. The molecule has 0 spiro atoms. The quantitative estimate of drug-likeness (QED) is 0.671. The van der Waals surface area contributed by atoms with Gasteiger partial charge in [0.05, 0.1) is 6.10 Å². The zero-order valence-electron chi connectivity index (χ0n) is 15.7. The second kappa shape index (κ2) is 7.23. The molecule has 0 fully saturated rings. The van der Waals surface area contributed by atoms with E-state index < -0.39 is 17.6 Å². The zero-order chi connectivity index (χ0) is 19.7. The zero-order valence-corrected chi connectivity index (χ0v) is 15.7. The third-order valence-electron chi connectivity index (χ3n) is 5.59. The van der Waals surface area contributed by atoms with Crippen LogP contribution in [-0.4, -0.2) is 23.8 Å². The van der Waals surface area contributed by atoms with Gasteiger partial charge in [0.1, 0.15) is 6.61 Å². The minimum absolute atomic E-state index is 0.0506. The molecule has 0 bridgehead atoms. The molecular formula is C24H23NO3. The summed E-state index contributed by atoms with van der Waals surface area (Å²) in [4.78, 5) is 13.0. The summed E-state index contributed by atoms with van der Waals surface area (Å²) < 4.78 is 5.70. The highest BCUT2D eigenvalue weighted by Crippen LogP contribution is 2.44. The molecule has 0 heterocycles. The van der Waals surface area contributed by atoms with E-state index in [1.807, 2.05) is 30.3 Å². The fourth-order valence-electron chi connectivity index (χ4n) is 3.96. The summed E-state index contributed by atoms with van der Waals surface area (Å²) in [6.07, 6.45) is -1.09. The first kappa shape index (κ1) is 18.4. The second-order valence-corrected chi connectivity index (χ2v) is 7.24. The minimum atomic E-state index is -1.61. The van der Waals surface area contributed by atoms with Crippen molar-refractivity contribution in [2.45, 2.75) is 24.5 Å². The van der Waals surface area contributed by atoms with E-state index in [1.54, 1.807) is 24.3 Å². The third kappa shape index (κ3) is 2.91. The lowest BCUT2D eigenvalue weighted by Gasteiger charge is -2.31. The fourth-order valence-corrected chi connectivity index (χ4v) is 3.96. The predicted octanol–water partition coefficient (Wildman–Crippen LogP) is 3.58. The summed E-state index contributed by atoms with van der Waals surface area (Å²) >= 11 is 0. The molecule has 0 amide bonds. The molecule has 3 aromatic rings. The summed E-state index contributed by atoms with van der Waals surface area (Å²) in [5, 5.41) is 10.3. The van der Waals surface area contributed by atoms with Crippen LogP contribution in [0.1, 0.15) is 29.5 Å². The maximum absolute atomic E-state index is 13.0. The Hall–Kier alpha value is -2.95. The highest BCUT2D eigenvalue weighted by atomic mass is 16.5. The predicted molar refractivity (Wildman–Crippen MR) is 109 cm³/mol. The molecule has 1 aliphatic carbocycles. The van der Waals surface area contributed by atoms with Gasteiger partial charge in [0.2, 0.25) is 0 Å². The topological polar surface area (TPSA) is 72.5 Å². The molecule has 4 rings (SSSR count). The van der Waals surface area contributed by atoms with E-state index in [4.69, 9.17) is 10.5 Å². The Kier molecular flexibility index (Phi) is 4.75. The molecule has 3 aromatic carbocycles. The van der Waals surface area contributed by atoms with Crippen LogP contribution in [0.2, 0.25) is 0 Å². The number of carbonyl (C=O) groups excluding carboxylic acids is 1. The Labute approximate surface area is 164 Å². The Bertz CT molecular complexity index is 954. The van der Waals surface area contributed by atoms with Crippen molar-refractivity contribution in [2.24, 2.45) is 5.73 Å². The van der Waals surface area contributed by atoms with Crippen molar-refractivity contribution in [3.63, 3.8) is 0 Å². The van der Waals surface area contributed by atoms with Gasteiger partial charge < -0.3 is 15.6 Å². The fraction of sp³-hybridized carbons (Fsp3) is 0.208. The number of aliphatic hydroxyl groups is 1. The maximum Gasteiger partial charge on any atom is 0.333 e. The van der Waals surface area contributed by atoms with Gasteiger partial charge in [-0.05, 0) is 34.7 Å². The Balaban J connectivity index is 1.61. The highest BCUT2D eigenvalue weighted by molar-refractivity contribution is 5.84. The Morgan fingerprint density at radius 1 is 0.964 bits per heavy atom. The van der Waals surface area contributed by atoms with Crippen LogP contribution < -0.4 is 5.73 Å². The van der Waals surface area contributed by atoms with Crippen molar-refractivity contribution < 1.29 is 14.6 Å². The van der Waals surface area contributed by atoms with Gasteiger partial charge in [-0.25, -0.2) is 4.79 Å². The van der Waals surface area contributed by atoms with Gasteiger partial charge in [-0.15, -0.1) is 0 Å². The van der Waals surface area contributed by atoms with Crippen molar-refractivity contribution >= 4 is 5.97 Å². The lowest BCUT2D eigenvalue weighted by molar-refractivity contribution is -0.155. The summed E-state index contributed by atoms with van der Waals surface area (Å²) in [6, 6.07) is 25.2. The largest absolute Gasteiger partial charge is 0.463 e. The first-order valence-electron chi connectivity index (χ1n) is 9.41. The monoisotopic (exact) mass is 373 g/mol. The van der Waals surface area contributed by atoms with E-state index in [0.29, 0.717) is 5.56 Å². The molecular weight excluding hydrogens is 350 g/mol. The lowest BCUT2D eigenvalue weighted by Crippen LogP contribution is -2.54. The van der Waals surface area contributed by atoms with Gasteiger partial charge >= 0.3 is 5.97 Å². The summed E-state index contributed by atoms with van der Waals surface area (Å²) in [5.74, 6) is -0.680. The molecule has 4 heteroatoms. The van der Waals surface area contributed by atoms with Crippen LogP contribution >= 0.6 is 0 Å². The van der Waals surface area contributed by atoms with Crippen molar-refractivity contribution in [3.05, 3.63) is 95.6 Å². The summed E-state index contributed by atoms with van der Waals surface area (Å²) in [6.45, 7) is 1.68. The smallest absolute Gasteiger partial charge is 0.333 e. The van der Waals surface area contributed by atoms with Gasteiger partial charge in [-0.3, -0.25) is 0 Å². The number of esters is 1. The molecule has 2 unspecified atom stereocenters. The van der Waals surface area contributed by atoms with Gasteiger partial charge in [-0.2, -0.15) is 0 Å². The molecule has 1 aliphatic rings. The number of benzene rings is 3. The average molecular weight is 373 g/mol. The number of aliphatic hydroxyl groups excluding tert-OH is 1. The standard InChI is InChI=1S/C24H23NO3/c1-16(26)24(25,17-9-3-2-4-10-17)23(27)28-15-22-20-13-7-5-11-18(20)19-12-6-8-14-21(19)22/h2-14,16,22,26H,15,25H2,1H3. The van der Waals surface area contributed by atoms with Gasteiger partial charge in [-0.1, -0.05) is 78.9 Å². The SMILES string of the molecule is CC(O)C(N)(C(=O)OCC1c2ccccc2-c2ccccc21)c1ccccc1. The number of rotatable bonds is 5. The van der Waals surface area contributed by atoms with E-state index in [0.717, 1.165) is 22.3 Å². The van der Waals surface area contributed by atoms with E-state index in [9.17, 15) is 9.90 Å². The minimum Gasteiger partial charge on any atom is -0.463 e. The van der Waals surface area contributed by atoms with Crippen molar-refractivity contribution in [1.29, 1.82) is 0 Å². The number of carbonyl (C=O) groups is 1. The number of fused-ring (bicyclic) bond motifs is 3. The van der Waals surface area contributed by atoms with Crippen LogP contribution in [-0.2, 0) is 15.1 Å². The summed E-state index contributed by atoms with van der Waals surface area (Å²) in [7, 11) is 0. The Morgan fingerprint density at radius 3 is 2.00 bits per heavy atom. The van der Waals surface area contributed by atoms with E-state index >= 15 is 0 Å². The van der Waals surface area contributed by atoms with Crippen molar-refractivity contribution in [3.8, 4) is 11.1 Å². The van der Waals surface area contributed by atoms with E-state index in [1.165, 1.54) is 6.92 Å². The lowest BCUT2D eigenvalue weighted by atomic mass is 9.86. The molecule has 142 valence electrons. The van der Waals surface area contributed by atoms with Crippen LogP contribution in [0, 0.1) is 0 Å². The molecule has 0 saturated carbocycles. The second-order valence-electron chi connectivity index (χ2n) is 7.24. The number of ether oxygens (including phenoxy) is 1. The Morgan fingerprint density at radius 2 is 1.46 bits per heavy atom. The normalized spacial score (nSPS) is 16.0. The molecule has 0 aromatic heterocycles. The van der Waals surface area contributed by atoms with Crippen molar-refractivity contribution in [2.75, 3.05) is 6.61 Å². The third-order valence-corrected chi connectivity index (χ3v) is 5.59. The van der Waals surface area contributed by atoms with Crippen LogP contribution in [0.25, 0.3) is 11.1 Å². The molecule has 4 nitrogen and oxygen atoms in total. The highest BCUT2D eigenvalue weighted by Gasteiger charge is 2.43. The maximum atomic E-state index is 13.0. The average Bonchev–Trinajstić information content (AvgIpc) is 3.05. The molecule has 28 heavy (non-hydrogen) atoms. The number of hydrogen-bond acceptors (Lipinski definition) is 4. The first-order valence-corrected chi connectivity index (χ1v) is 9.41. The molecule has 0 saturated heterocycles. The molecule has 0 aliphatic heterocycles.